The molecule has 0 atom stereocenters. The zero-order valence-corrected chi connectivity index (χ0v) is 11.2. The topological polar surface area (TPSA) is 51.8 Å². The molecule has 1 aromatic carbocycles. The third-order valence-electron chi connectivity index (χ3n) is 2.20. The van der Waals surface area contributed by atoms with Gasteiger partial charge < -0.3 is 9.25 Å². The van der Waals surface area contributed by atoms with Crippen LogP contribution in [0.15, 0.2) is 56.7 Å². The molecule has 1 heterocycles. The summed E-state index contributed by atoms with van der Waals surface area (Å²) in [7, 11) is 0. The average Bonchev–Trinajstić information content (AvgIpc) is 2.89. The molecule has 0 bridgehead atoms. The molecule has 0 saturated heterocycles. The maximum atomic E-state index is 11.7. The summed E-state index contributed by atoms with van der Waals surface area (Å²) in [4.78, 5) is 16.5. The zero-order chi connectivity index (χ0) is 13.0. The predicted molar refractivity (Wildman–Crippen MR) is 70.5 cm³/mol. The van der Waals surface area contributed by atoms with Crippen molar-refractivity contribution in [1.82, 2.24) is 0 Å². The Morgan fingerprint density at radius 2 is 2.17 bits per heavy atom. The van der Waals surface area contributed by atoms with Crippen molar-refractivity contribution in [2.75, 3.05) is 0 Å². The number of carbonyl (C=O) groups is 1. The molecule has 0 N–H and O–H groups in total. The summed E-state index contributed by atoms with van der Waals surface area (Å²) in [5.41, 5.74) is 0.934. The van der Waals surface area contributed by atoms with Gasteiger partial charge in [0, 0.05) is 4.47 Å². The van der Waals surface area contributed by atoms with E-state index >= 15 is 0 Å². The molecule has 0 unspecified atom stereocenters. The first-order chi connectivity index (χ1) is 8.66. The highest BCUT2D eigenvalue weighted by Crippen LogP contribution is 2.12. The first-order valence-electron chi connectivity index (χ1n) is 5.22. The quantitative estimate of drug-likeness (QED) is 0.494. The standard InChI is InChI=1S/C13H10BrNO3/c1-9(12-6-3-7-17-12)15-18-13(16)10-4-2-5-11(14)8-10/h2-8H,1H3/b15-9-. The van der Waals surface area contributed by atoms with E-state index in [1.165, 1.54) is 6.26 Å². The SMILES string of the molecule is C/C(=N/OC(=O)c1cccc(Br)c1)c1ccco1. The average molecular weight is 308 g/mol. The molecule has 1 aromatic heterocycles. The van der Waals surface area contributed by atoms with Crippen molar-refractivity contribution in [3.8, 4) is 0 Å². The van der Waals surface area contributed by atoms with Gasteiger partial charge in [-0.15, -0.1) is 0 Å². The first-order valence-corrected chi connectivity index (χ1v) is 6.01. The molecule has 0 saturated carbocycles. The zero-order valence-electron chi connectivity index (χ0n) is 9.59. The number of hydrogen-bond acceptors (Lipinski definition) is 4. The van der Waals surface area contributed by atoms with E-state index in [2.05, 4.69) is 21.1 Å². The number of rotatable bonds is 3. The summed E-state index contributed by atoms with van der Waals surface area (Å²) in [6.45, 7) is 1.70. The highest BCUT2D eigenvalue weighted by molar-refractivity contribution is 9.10. The van der Waals surface area contributed by atoms with Crippen molar-refractivity contribution in [1.29, 1.82) is 0 Å². The molecular formula is C13H10BrNO3. The number of hydrogen-bond donors (Lipinski definition) is 0. The van der Waals surface area contributed by atoms with Crippen molar-refractivity contribution < 1.29 is 14.0 Å². The van der Waals surface area contributed by atoms with Crippen LogP contribution in [-0.4, -0.2) is 11.7 Å². The molecule has 2 rings (SSSR count). The van der Waals surface area contributed by atoms with Gasteiger partial charge in [-0.2, -0.15) is 0 Å². The summed E-state index contributed by atoms with van der Waals surface area (Å²) in [6, 6.07) is 10.4. The van der Waals surface area contributed by atoms with E-state index in [0.717, 1.165) is 4.47 Å². The van der Waals surface area contributed by atoms with Crippen LogP contribution in [0.25, 0.3) is 0 Å². The second kappa shape index (κ2) is 5.64. The minimum atomic E-state index is -0.512. The van der Waals surface area contributed by atoms with E-state index in [-0.39, 0.29) is 0 Å². The molecular weight excluding hydrogens is 298 g/mol. The van der Waals surface area contributed by atoms with Gasteiger partial charge in [0.2, 0.25) is 0 Å². The summed E-state index contributed by atoms with van der Waals surface area (Å²) in [6.07, 6.45) is 1.53. The normalized spacial score (nSPS) is 11.3. The van der Waals surface area contributed by atoms with Gasteiger partial charge in [0.05, 0.1) is 11.8 Å². The van der Waals surface area contributed by atoms with Gasteiger partial charge in [-0.3, -0.25) is 0 Å². The van der Waals surface area contributed by atoms with Crippen LogP contribution in [-0.2, 0) is 4.84 Å². The maximum absolute atomic E-state index is 11.7. The van der Waals surface area contributed by atoms with Gasteiger partial charge in [-0.1, -0.05) is 27.2 Å². The molecule has 0 aliphatic heterocycles. The van der Waals surface area contributed by atoms with Gasteiger partial charge >= 0.3 is 5.97 Å². The van der Waals surface area contributed by atoms with Crippen molar-refractivity contribution >= 4 is 27.6 Å². The van der Waals surface area contributed by atoms with Crippen LogP contribution in [0.1, 0.15) is 23.0 Å². The van der Waals surface area contributed by atoms with Crippen molar-refractivity contribution in [2.45, 2.75) is 6.92 Å². The fourth-order valence-corrected chi connectivity index (χ4v) is 1.71. The summed E-state index contributed by atoms with van der Waals surface area (Å²) in [5, 5.41) is 3.73. The Balaban J connectivity index is 2.07. The summed E-state index contributed by atoms with van der Waals surface area (Å²) >= 11 is 3.28. The smallest absolute Gasteiger partial charge is 0.365 e. The molecule has 0 fully saturated rings. The van der Waals surface area contributed by atoms with Gasteiger partial charge in [0.25, 0.3) is 0 Å². The number of furan rings is 1. The van der Waals surface area contributed by atoms with Crippen molar-refractivity contribution in [2.24, 2.45) is 5.16 Å². The van der Waals surface area contributed by atoms with Crippen LogP contribution >= 0.6 is 15.9 Å². The van der Waals surface area contributed by atoms with E-state index in [1.807, 2.05) is 6.07 Å². The molecule has 0 amide bonds. The Kier molecular flexibility index (Phi) is 3.94. The number of carbonyl (C=O) groups excluding carboxylic acids is 1. The molecule has 0 spiro atoms. The predicted octanol–water partition coefficient (Wildman–Crippen LogP) is 3.62. The maximum Gasteiger partial charge on any atom is 0.365 e. The molecule has 0 aliphatic rings. The Labute approximate surface area is 112 Å². The van der Waals surface area contributed by atoms with Gasteiger partial charge in [-0.05, 0) is 37.3 Å². The second-order valence-electron chi connectivity index (χ2n) is 3.54. The number of halogens is 1. The molecule has 92 valence electrons. The van der Waals surface area contributed by atoms with Crippen LogP contribution in [0.4, 0.5) is 0 Å². The van der Waals surface area contributed by atoms with Crippen molar-refractivity contribution in [3.63, 3.8) is 0 Å². The monoisotopic (exact) mass is 307 g/mol. The largest absolute Gasteiger partial charge is 0.463 e. The van der Waals surface area contributed by atoms with Crippen LogP contribution in [0.2, 0.25) is 0 Å². The molecule has 0 radical (unpaired) electrons. The fourth-order valence-electron chi connectivity index (χ4n) is 1.31. The Morgan fingerprint density at radius 3 is 2.83 bits per heavy atom. The highest BCUT2D eigenvalue weighted by Gasteiger charge is 2.08. The minimum Gasteiger partial charge on any atom is -0.463 e. The molecule has 0 aliphatic carbocycles. The number of nitrogens with zero attached hydrogens (tertiary/aromatic N) is 1. The van der Waals surface area contributed by atoms with Gasteiger partial charge in [0.1, 0.15) is 5.71 Å². The number of benzene rings is 1. The van der Waals surface area contributed by atoms with Gasteiger partial charge in [-0.25, -0.2) is 4.79 Å². The Hall–Kier alpha value is -1.88. The Morgan fingerprint density at radius 1 is 1.33 bits per heavy atom. The van der Waals surface area contributed by atoms with Crippen LogP contribution in [0.3, 0.4) is 0 Å². The minimum absolute atomic E-state index is 0.431. The van der Waals surface area contributed by atoms with E-state index < -0.39 is 5.97 Å². The van der Waals surface area contributed by atoms with Crippen LogP contribution in [0.5, 0.6) is 0 Å². The molecule has 4 nitrogen and oxygen atoms in total. The third-order valence-corrected chi connectivity index (χ3v) is 2.70. The van der Waals surface area contributed by atoms with Crippen LogP contribution < -0.4 is 0 Å². The van der Waals surface area contributed by atoms with E-state index in [1.54, 1.807) is 37.3 Å². The van der Waals surface area contributed by atoms with Crippen LogP contribution in [0, 0.1) is 0 Å². The fraction of sp³-hybridized carbons (Fsp3) is 0.0769. The van der Waals surface area contributed by atoms with E-state index in [9.17, 15) is 4.79 Å². The Bertz CT molecular complexity index is 576. The van der Waals surface area contributed by atoms with Gasteiger partial charge in [0.15, 0.2) is 5.76 Å². The second-order valence-corrected chi connectivity index (χ2v) is 4.46. The highest BCUT2D eigenvalue weighted by atomic mass is 79.9. The lowest BCUT2D eigenvalue weighted by Crippen LogP contribution is -2.03. The molecule has 2 aromatic rings. The van der Waals surface area contributed by atoms with E-state index in [0.29, 0.717) is 17.0 Å². The first kappa shape index (κ1) is 12.6. The lowest BCUT2D eigenvalue weighted by molar-refractivity contribution is 0.0516. The number of oxime groups is 1. The summed E-state index contributed by atoms with van der Waals surface area (Å²) in [5.74, 6) is 0.0549. The van der Waals surface area contributed by atoms with Crippen molar-refractivity contribution in [3.05, 3.63) is 58.5 Å². The molecule has 5 heteroatoms. The summed E-state index contributed by atoms with van der Waals surface area (Å²) < 4.78 is 5.93. The third kappa shape index (κ3) is 3.07. The lowest BCUT2D eigenvalue weighted by Gasteiger charge is -1.99. The van der Waals surface area contributed by atoms with E-state index in [4.69, 9.17) is 9.25 Å². The molecule has 18 heavy (non-hydrogen) atoms. The lowest BCUT2D eigenvalue weighted by atomic mass is 10.2.